The Kier molecular flexibility index (Phi) is 7.84. The summed E-state index contributed by atoms with van der Waals surface area (Å²) in [4.78, 5) is 46.8. The summed E-state index contributed by atoms with van der Waals surface area (Å²) in [7, 11) is 0. The highest BCUT2D eigenvalue weighted by molar-refractivity contribution is 5.73. The third-order valence-corrected chi connectivity index (χ3v) is 10.9. The minimum atomic E-state index is -0.537. The van der Waals surface area contributed by atoms with Crippen molar-refractivity contribution in [3.63, 3.8) is 0 Å². The molecule has 10 nitrogen and oxygen atoms in total. The molecule has 2 aliphatic carbocycles. The first kappa shape index (κ1) is 32.6. The molecular weight excluding hydrogens is 628 g/mol. The summed E-state index contributed by atoms with van der Waals surface area (Å²) in [5, 5.41) is 0. The smallest absolute Gasteiger partial charge is 0.411 e. The lowest BCUT2D eigenvalue weighted by Gasteiger charge is -2.35. The van der Waals surface area contributed by atoms with E-state index in [4.69, 9.17) is 19.4 Å². The predicted octanol–water partition coefficient (Wildman–Crippen LogP) is 9.05. The standard InChI is InChI=1S/C40H48N6O4/c1-39(2,3)49-37(47)45-29-17-15-27(19-29)33(45)35-41-21-31(43-35)25-11-7-23(8-12-25)24-9-13-26(14-10-24)32-22-42-36(44-32)34-28-16-18-30(20-28)46(34)38(48)50-40(4,5)6/h7-14,21-22,27-30,33-34H,15-20H2,1-6H3,(H,41,43)(H,42,44)/t27-,28-,29+,30+,33-,34-/m0/s1. The molecule has 8 rings (SSSR count). The highest BCUT2D eigenvalue weighted by Gasteiger charge is 2.52. The minimum absolute atomic E-state index is 0.0849. The van der Waals surface area contributed by atoms with Gasteiger partial charge < -0.3 is 19.4 Å². The summed E-state index contributed by atoms with van der Waals surface area (Å²) in [6, 6.07) is 17.2. The molecule has 2 saturated heterocycles. The summed E-state index contributed by atoms with van der Waals surface area (Å²) in [5.41, 5.74) is 5.11. The van der Waals surface area contributed by atoms with Crippen LogP contribution >= 0.6 is 0 Å². The Morgan fingerprint density at radius 2 is 0.960 bits per heavy atom. The van der Waals surface area contributed by atoms with Gasteiger partial charge in [0.2, 0.25) is 0 Å². The van der Waals surface area contributed by atoms with Crippen molar-refractivity contribution in [1.29, 1.82) is 0 Å². The van der Waals surface area contributed by atoms with Crippen LogP contribution in [0, 0.1) is 11.8 Å². The van der Waals surface area contributed by atoms with E-state index in [0.29, 0.717) is 11.8 Å². The van der Waals surface area contributed by atoms with Crippen LogP contribution in [0.25, 0.3) is 33.6 Å². The average molecular weight is 677 g/mol. The van der Waals surface area contributed by atoms with E-state index in [1.807, 2.05) is 63.7 Å². The molecule has 2 aliphatic heterocycles. The number of piperidine rings is 2. The maximum absolute atomic E-state index is 13.2. The highest BCUT2D eigenvalue weighted by Crippen LogP contribution is 2.51. The van der Waals surface area contributed by atoms with Gasteiger partial charge >= 0.3 is 12.2 Å². The Balaban J connectivity index is 0.953. The fourth-order valence-corrected chi connectivity index (χ4v) is 8.79. The predicted molar refractivity (Wildman–Crippen MR) is 191 cm³/mol. The van der Waals surface area contributed by atoms with Gasteiger partial charge in [-0.15, -0.1) is 0 Å². The normalized spacial score (nSPS) is 25.8. The van der Waals surface area contributed by atoms with Crippen molar-refractivity contribution in [2.75, 3.05) is 0 Å². The van der Waals surface area contributed by atoms with Crippen LogP contribution in [0.5, 0.6) is 0 Å². The van der Waals surface area contributed by atoms with E-state index in [1.54, 1.807) is 0 Å². The van der Waals surface area contributed by atoms with Crippen molar-refractivity contribution in [1.82, 2.24) is 29.7 Å². The van der Waals surface area contributed by atoms with Crippen molar-refractivity contribution in [3.8, 4) is 33.6 Å². The Bertz CT molecular complexity index is 1740. The van der Waals surface area contributed by atoms with Crippen LogP contribution < -0.4 is 0 Å². The highest BCUT2D eigenvalue weighted by atomic mass is 16.6. The van der Waals surface area contributed by atoms with Crippen LogP contribution in [-0.4, -0.2) is 65.2 Å². The number of carbonyl (C=O) groups excluding carboxylic acids is 2. The number of carbonyl (C=O) groups is 2. The number of aromatic nitrogens is 4. The monoisotopic (exact) mass is 676 g/mol. The number of amides is 2. The van der Waals surface area contributed by atoms with E-state index in [2.05, 4.69) is 58.5 Å². The lowest BCUT2D eigenvalue weighted by molar-refractivity contribution is 0.00523. The van der Waals surface area contributed by atoms with E-state index in [-0.39, 0.29) is 36.4 Å². The van der Waals surface area contributed by atoms with Gasteiger partial charge in [-0.2, -0.15) is 0 Å². The van der Waals surface area contributed by atoms with Crippen LogP contribution in [0.4, 0.5) is 9.59 Å². The van der Waals surface area contributed by atoms with E-state index in [1.165, 1.54) is 0 Å². The van der Waals surface area contributed by atoms with Gasteiger partial charge in [0.15, 0.2) is 0 Å². The maximum Gasteiger partial charge on any atom is 0.411 e. The molecule has 50 heavy (non-hydrogen) atoms. The molecule has 2 N–H and O–H groups in total. The van der Waals surface area contributed by atoms with Gasteiger partial charge in [0.1, 0.15) is 22.9 Å². The molecule has 0 spiro atoms. The van der Waals surface area contributed by atoms with Crippen LogP contribution in [0.3, 0.4) is 0 Å². The second-order valence-corrected chi connectivity index (χ2v) is 16.6. The number of likely N-dealkylation sites (tertiary alicyclic amines) is 2. The topological polar surface area (TPSA) is 116 Å². The number of hydrogen-bond donors (Lipinski definition) is 2. The number of benzene rings is 2. The molecule has 2 aromatic carbocycles. The van der Waals surface area contributed by atoms with Crippen LogP contribution in [0.1, 0.15) is 104 Å². The lowest BCUT2D eigenvalue weighted by atomic mass is 9.98. The Morgan fingerprint density at radius 1 is 0.600 bits per heavy atom. The second-order valence-electron chi connectivity index (χ2n) is 16.6. The van der Waals surface area contributed by atoms with Crippen LogP contribution in [0.15, 0.2) is 60.9 Å². The molecule has 4 aliphatic rings. The van der Waals surface area contributed by atoms with Gasteiger partial charge in [0.05, 0.1) is 35.9 Å². The molecule has 4 fully saturated rings. The molecule has 2 amide bonds. The molecule has 2 aromatic heterocycles. The third kappa shape index (κ3) is 6.07. The summed E-state index contributed by atoms with van der Waals surface area (Å²) in [6.45, 7) is 11.5. The zero-order valence-corrected chi connectivity index (χ0v) is 29.9. The molecule has 4 bridgehead atoms. The molecule has 0 unspecified atom stereocenters. The first-order chi connectivity index (χ1) is 23.8. The van der Waals surface area contributed by atoms with E-state index in [9.17, 15) is 9.59 Å². The van der Waals surface area contributed by atoms with Crippen molar-refractivity contribution in [2.24, 2.45) is 11.8 Å². The number of aromatic amines is 2. The molecule has 10 heteroatoms. The van der Waals surface area contributed by atoms with E-state index < -0.39 is 11.2 Å². The van der Waals surface area contributed by atoms with Gasteiger partial charge in [-0.1, -0.05) is 48.5 Å². The number of rotatable bonds is 5. The first-order valence-corrected chi connectivity index (χ1v) is 18.1. The number of imidazole rings is 2. The number of H-pyrrole nitrogens is 2. The molecule has 2 saturated carbocycles. The molecule has 4 aromatic rings. The molecule has 0 radical (unpaired) electrons. The number of fused-ring (bicyclic) bond motifs is 4. The van der Waals surface area contributed by atoms with Gasteiger partial charge in [-0.25, -0.2) is 19.6 Å². The molecule has 262 valence electrons. The quantitative estimate of drug-likeness (QED) is 0.218. The van der Waals surface area contributed by atoms with E-state index in [0.717, 1.165) is 83.8 Å². The van der Waals surface area contributed by atoms with Gasteiger partial charge in [0.25, 0.3) is 0 Å². The summed E-state index contributed by atoms with van der Waals surface area (Å²) in [6.07, 6.45) is 9.52. The first-order valence-electron chi connectivity index (χ1n) is 18.1. The summed E-state index contributed by atoms with van der Waals surface area (Å²) in [5.74, 6) is 2.46. The lowest BCUT2D eigenvalue weighted by Crippen LogP contribution is -2.43. The van der Waals surface area contributed by atoms with Gasteiger partial charge in [-0.3, -0.25) is 9.80 Å². The fourth-order valence-electron chi connectivity index (χ4n) is 8.79. The minimum Gasteiger partial charge on any atom is -0.444 e. The number of ether oxygens (including phenoxy) is 2. The van der Waals surface area contributed by atoms with Crippen molar-refractivity contribution in [2.45, 2.75) is 115 Å². The zero-order chi connectivity index (χ0) is 34.9. The SMILES string of the molecule is CC(C)(C)OC(=O)N1[C@@H]2CC[C@@H](C2)[C@H]1c1ncc(-c2ccc(-c3ccc(-c4cnc([C@@H]5[C@H]6CC[C@H](C6)N5C(=O)OC(C)(C)C)[nH]4)cc3)cc2)[nH]1. The number of hydrogen-bond acceptors (Lipinski definition) is 6. The second kappa shape index (κ2) is 12.0. The largest absolute Gasteiger partial charge is 0.444 e. The van der Waals surface area contributed by atoms with Crippen molar-refractivity contribution in [3.05, 3.63) is 72.6 Å². The number of nitrogens with zero attached hydrogens (tertiary/aromatic N) is 4. The Hall–Kier alpha value is -4.60. The maximum atomic E-state index is 13.2. The Morgan fingerprint density at radius 3 is 1.32 bits per heavy atom. The Labute approximate surface area is 294 Å². The van der Waals surface area contributed by atoms with Crippen LogP contribution in [-0.2, 0) is 9.47 Å². The van der Waals surface area contributed by atoms with Crippen molar-refractivity contribution < 1.29 is 19.1 Å². The summed E-state index contributed by atoms with van der Waals surface area (Å²) < 4.78 is 11.6. The summed E-state index contributed by atoms with van der Waals surface area (Å²) >= 11 is 0. The zero-order valence-electron chi connectivity index (χ0n) is 29.9. The molecule has 4 heterocycles. The number of nitrogens with one attached hydrogen (secondary N) is 2. The average Bonchev–Trinajstić information content (AvgIpc) is 3.92. The van der Waals surface area contributed by atoms with Gasteiger partial charge in [-0.05, 0) is 114 Å². The van der Waals surface area contributed by atoms with Gasteiger partial charge in [0, 0.05) is 12.1 Å². The van der Waals surface area contributed by atoms with Crippen LogP contribution in [0.2, 0.25) is 0 Å². The van der Waals surface area contributed by atoms with E-state index >= 15 is 0 Å². The molecule has 6 atom stereocenters. The third-order valence-electron chi connectivity index (χ3n) is 10.9. The fraction of sp³-hybridized carbons (Fsp3) is 0.500. The molecular formula is C40H48N6O4. The van der Waals surface area contributed by atoms with Crippen molar-refractivity contribution >= 4 is 12.2 Å².